The summed E-state index contributed by atoms with van der Waals surface area (Å²) in [7, 11) is 6.40. The number of anilines is 2. The summed E-state index contributed by atoms with van der Waals surface area (Å²) < 4.78 is 10.7. The van der Waals surface area contributed by atoms with E-state index in [1.54, 1.807) is 34.4 Å². The second-order valence-electron chi connectivity index (χ2n) is 6.80. The molecule has 2 aromatic rings. The Morgan fingerprint density at radius 3 is 2.37 bits per heavy atom. The highest BCUT2D eigenvalue weighted by Gasteiger charge is 2.35. The summed E-state index contributed by atoms with van der Waals surface area (Å²) >= 11 is 0. The van der Waals surface area contributed by atoms with Gasteiger partial charge in [0.2, 0.25) is 5.91 Å². The quantitative estimate of drug-likeness (QED) is 0.711. The Balaban J connectivity index is 1.94. The molecular formula is C22H26N4O4. The molecule has 2 aromatic carbocycles. The standard InChI is InChI=1S/C22H26N4O4/c1-6-16(24-13-7-9-14(10-8-13)26(3)22(28)23-2)20-15-11-18(29-4)19(30-5)12-17(15)25-21(20)27/h7-12,20H,6H2,1-5H3,(H,23,28)(H,25,27). The largest absolute Gasteiger partial charge is 0.493 e. The number of urea groups is 1. The van der Waals surface area contributed by atoms with Crippen LogP contribution in [0.25, 0.3) is 0 Å². The predicted octanol–water partition coefficient (Wildman–Crippen LogP) is 3.70. The maximum Gasteiger partial charge on any atom is 0.321 e. The van der Waals surface area contributed by atoms with Gasteiger partial charge >= 0.3 is 6.03 Å². The minimum Gasteiger partial charge on any atom is -0.493 e. The van der Waals surface area contributed by atoms with Crippen molar-refractivity contribution in [2.45, 2.75) is 19.3 Å². The molecule has 1 aliphatic heterocycles. The van der Waals surface area contributed by atoms with Gasteiger partial charge in [-0.15, -0.1) is 0 Å². The number of hydrogen-bond donors (Lipinski definition) is 2. The van der Waals surface area contributed by atoms with Gasteiger partial charge < -0.3 is 20.1 Å². The molecule has 1 atom stereocenters. The van der Waals surface area contributed by atoms with Crippen LogP contribution in [0.4, 0.5) is 21.9 Å². The first-order valence-corrected chi connectivity index (χ1v) is 9.63. The van der Waals surface area contributed by atoms with Gasteiger partial charge in [-0.25, -0.2) is 4.79 Å². The Hall–Kier alpha value is -3.55. The Morgan fingerprint density at radius 1 is 1.17 bits per heavy atom. The van der Waals surface area contributed by atoms with Crippen molar-refractivity contribution in [2.75, 3.05) is 38.5 Å². The number of benzene rings is 2. The normalized spacial score (nSPS) is 15.3. The number of hydrogen-bond acceptors (Lipinski definition) is 5. The molecule has 30 heavy (non-hydrogen) atoms. The molecule has 0 saturated heterocycles. The molecule has 0 bridgehead atoms. The lowest BCUT2D eigenvalue weighted by Gasteiger charge is -2.17. The van der Waals surface area contributed by atoms with Gasteiger partial charge in [0.15, 0.2) is 11.5 Å². The number of rotatable bonds is 6. The van der Waals surface area contributed by atoms with E-state index >= 15 is 0 Å². The van der Waals surface area contributed by atoms with Gasteiger partial charge in [-0.05, 0) is 42.3 Å². The van der Waals surface area contributed by atoms with E-state index in [0.717, 1.165) is 17.0 Å². The fraction of sp³-hybridized carbons (Fsp3) is 0.318. The summed E-state index contributed by atoms with van der Waals surface area (Å²) in [5.41, 5.74) is 3.71. The van der Waals surface area contributed by atoms with Crippen molar-refractivity contribution in [3.63, 3.8) is 0 Å². The molecule has 2 N–H and O–H groups in total. The Kier molecular flexibility index (Phi) is 6.25. The maximum absolute atomic E-state index is 12.7. The van der Waals surface area contributed by atoms with E-state index < -0.39 is 5.92 Å². The van der Waals surface area contributed by atoms with Gasteiger partial charge in [0.25, 0.3) is 0 Å². The minimum atomic E-state index is -0.502. The molecule has 8 nitrogen and oxygen atoms in total. The topological polar surface area (TPSA) is 92.3 Å². The van der Waals surface area contributed by atoms with Crippen LogP contribution in [0.3, 0.4) is 0 Å². The first-order chi connectivity index (χ1) is 14.4. The van der Waals surface area contributed by atoms with Crippen LogP contribution < -0.4 is 25.0 Å². The van der Waals surface area contributed by atoms with Crippen LogP contribution in [0.15, 0.2) is 41.4 Å². The first-order valence-electron chi connectivity index (χ1n) is 9.63. The van der Waals surface area contributed by atoms with E-state index in [2.05, 4.69) is 10.6 Å². The SMILES string of the molecule is CCC(=Nc1ccc(N(C)C(=O)NC)cc1)C1C(=O)Nc2cc(OC)c(OC)cc21. The maximum atomic E-state index is 12.7. The monoisotopic (exact) mass is 410 g/mol. The Bertz CT molecular complexity index is 985. The van der Waals surface area contributed by atoms with E-state index in [4.69, 9.17) is 14.5 Å². The zero-order chi connectivity index (χ0) is 21.8. The van der Waals surface area contributed by atoms with Crippen LogP contribution in [0.1, 0.15) is 24.8 Å². The van der Waals surface area contributed by atoms with E-state index in [1.165, 1.54) is 4.90 Å². The summed E-state index contributed by atoms with van der Waals surface area (Å²) in [4.78, 5) is 30.8. The molecule has 0 saturated carbocycles. The molecule has 0 spiro atoms. The number of methoxy groups -OCH3 is 2. The van der Waals surface area contributed by atoms with E-state index in [0.29, 0.717) is 29.3 Å². The number of fused-ring (bicyclic) bond motifs is 1. The highest BCUT2D eigenvalue weighted by Crippen LogP contribution is 2.42. The molecule has 0 aliphatic carbocycles. The van der Waals surface area contributed by atoms with Crippen molar-refractivity contribution in [1.29, 1.82) is 0 Å². The lowest BCUT2D eigenvalue weighted by molar-refractivity contribution is -0.115. The molecule has 1 unspecified atom stereocenters. The average molecular weight is 410 g/mol. The van der Waals surface area contributed by atoms with Crippen LogP contribution in [0, 0.1) is 0 Å². The molecule has 0 radical (unpaired) electrons. The van der Waals surface area contributed by atoms with Crippen LogP contribution in [-0.4, -0.2) is 46.0 Å². The van der Waals surface area contributed by atoms with Crippen molar-refractivity contribution < 1.29 is 19.1 Å². The zero-order valence-corrected chi connectivity index (χ0v) is 17.8. The number of nitrogens with zero attached hydrogens (tertiary/aromatic N) is 2. The van der Waals surface area contributed by atoms with Gasteiger partial charge in [0, 0.05) is 37.2 Å². The third-order valence-electron chi connectivity index (χ3n) is 5.11. The van der Waals surface area contributed by atoms with E-state index in [9.17, 15) is 9.59 Å². The number of aliphatic imine (C=N–C) groups is 1. The van der Waals surface area contributed by atoms with Crippen molar-refractivity contribution in [3.8, 4) is 11.5 Å². The second kappa shape index (κ2) is 8.86. The molecule has 0 fully saturated rings. The molecule has 158 valence electrons. The average Bonchev–Trinajstić information content (AvgIpc) is 3.10. The van der Waals surface area contributed by atoms with Crippen LogP contribution in [-0.2, 0) is 4.79 Å². The third-order valence-corrected chi connectivity index (χ3v) is 5.11. The summed E-state index contributed by atoms with van der Waals surface area (Å²) in [6.07, 6.45) is 0.603. The zero-order valence-electron chi connectivity index (χ0n) is 17.8. The Morgan fingerprint density at radius 2 is 1.80 bits per heavy atom. The number of carbonyl (C=O) groups excluding carboxylic acids is 2. The molecule has 1 heterocycles. The highest BCUT2D eigenvalue weighted by molar-refractivity contribution is 6.19. The van der Waals surface area contributed by atoms with Crippen LogP contribution in [0.5, 0.6) is 11.5 Å². The smallest absolute Gasteiger partial charge is 0.321 e. The van der Waals surface area contributed by atoms with Crippen molar-refractivity contribution in [3.05, 3.63) is 42.0 Å². The predicted molar refractivity (Wildman–Crippen MR) is 118 cm³/mol. The van der Waals surface area contributed by atoms with Crippen LogP contribution in [0.2, 0.25) is 0 Å². The van der Waals surface area contributed by atoms with E-state index in [-0.39, 0.29) is 11.9 Å². The molecule has 1 aliphatic rings. The Labute approximate surface area is 175 Å². The fourth-order valence-corrected chi connectivity index (χ4v) is 3.47. The summed E-state index contributed by atoms with van der Waals surface area (Å²) in [6, 6.07) is 10.7. The van der Waals surface area contributed by atoms with Gasteiger partial charge in [0.05, 0.1) is 19.9 Å². The van der Waals surface area contributed by atoms with E-state index in [1.807, 2.05) is 37.3 Å². The highest BCUT2D eigenvalue weighted by atomic mass is 16.5. The van der Waals surface area contributed by atoms with Crippen molar-refractivity contribution in [2.24, 2.45) is 4.99 Å². The van der Waals surface area contributed by atoms with Crippen LogP contribution >= 0.6 is 0 Å². The van der Waals surface area contributed by atoms with Crippen molar-refractivity contribution >= 4 is 34.7 Å². The summed E-state index contributed by atoms with van der Waals surface area (Å²) in [5, 5.41) is 5.49. The van der Waals surface area contributed by atoms with Crippen molar-refractivity contribution in [1.82, 2.24) is 5.32 Å². The van der Waals surface area contributed by atoms with Gasteiger partial charge in [-0.3, -0.25) is 14.7 Å². The summed E-state index contributed by atoms with van der Waals surface area (Å²) in [6.45, 7) is 1.97. The van der Waals surface area contributed by atoms with Gasteiger partial charge in [-0.1, -0.05) is 6.92 Å². The van der Waals surface area contributed by atoms with Gasteiger partial charge in [-0.2, -0.15) is 0 Å². The minimum absolute atomic E-state index is 0.128. The summed E-state index contributed by atoms with van der Waals surface area (Å²) in [5.74, 6) is 0.493. The molecule has 8 heteroatoms. The first kappa shape index (κ1) is 21.2. The number of amides is 3. The molecule has 0 aromatic heterocycles. The number of carbonyl (C=O) groups is 2. The fourth-order valence-electron chi connectivity index (χ4n) is 3.47. The van der Waals surface area contributed by atoms with Gasteiger partial charge in [0.1, 0.15) is 5.92 Å². The molecular weight excluding hydrogens is 384 g/mol. The number of nitrogens with one attached hydrogen (secondary N) is 2. The molecule has 3 amide bonds. The third kappa shape index (κ3) is 3.94. The lowest BCUT2D eigenvalue weighted by Crippen LogP contribution is -2.34. The molecule has 3 rings (SSSR count). The number of ether oxygens (including phenoxy) is 2. The lowest BCUT2D eigenvalue weighted by atomic mass is 9.93. The second-order valence-corrected chi connectivity index (χ2v) is 6.80.